The zero-order chi connectivity index (χ0) is 20.1. The van der Waals surface area contributed by atoms with E-state index in [1.807, 2.05) is 6.07 Å². The Hall–Kier alpha value is -3.28. The van der Waals surface area contributed by atoms with Crippen LogP contribution in [0.2, 0.25) is 0 Å². The van der Waals surface area contributed by atoms with Crippen molar-refractivity contribution in [1.82, 2.24) is 10.3 Å². The number of hydrogen-bond donors (Lipinski definition) is 2. The summed E-state index contributed by atoms with van der Waals surface area (Å²) in [6, 6.07) is 13.8. The second kappa shape index (κ2) is 8.82. The van der Waals surface area contributed by atoms with E-state index < -0.39 is 0 Å². The van der Waals surface area contributed by atoms with Crippen LogP contribution in [0.15, 0.2) is 65.5 Å². The van der Waals surface area contributed by atoms with Crippen molar-refractivity contribution >= 4 is 23.0 Å². The maximum atomic E-state index is 12.4. The van der Waals surface area contributed by atoms with Gasteiger partial charge in [0.25, 0.3) is 5.91 Å². The summed E-state index contributed by atoms with van der Waals surface area (Å²) < 4.78 is 5.23. The first-order valence-electron chi connectivity index (χ1n) is 10.0. The number of aromatic nitrogens is 1. The van der Waals surface area contributed by atoms with Gasteiger partial charge in [0.2, 0.25) is 0 Å². The highest BCUT2D eigenvalue weighted by Gasteiger charge is 2.15. The van der Waals surface area contributed by atoms with E-state index in [-0.39, 0.29) is 5.91 Å². The number of rotatable bonds is 6. The Morgan fingerprint density at radius 1 is 1.14 bits per heavy atom. The highest BCUT2D eigenvalue weighted by atomic mass is 16.3. The number of carbonyl (C=O) groups excluding carboxylic acids is 1. The van der Waals surface area contributed by atoms with Crippen molar-refractivity contribution in [2.45, 2.75) is 26.3 Å². The van der Waals surface area contributed by atoms with Gasteiger partial charge in [-0.15, -0.1) is 0 Å². The number of amides is 1. The molecule has 0 spiro atoms. The summed E-state index contributed by atoms with van der Waals surface area (Å²) in [4.78, 5) is 19.0. The van der Waals surface area contributed by atoms with Crippen LogP contribution < -0.4 is 15.5 Å². The van der Waals surface area contributed by atoms with Gasteiger partial charge in [-0.2, -0.15) is 0 Å². The van der Waals surface area contributed by atoms with Gasteiger partial charge in [0.15, 0.2) is 0 Å². The van der Waals surface area contributed by atoms with E-state index in [1.54, 1.807) is 30.8 Å². The van der Waals surface area contributed by atoms with Crippen LogP contribution in [0.5, 0.6) is 0 Å². The summed E-state index contributed by atoms with van der Waals surface area (Å²) in [5.41, 5.74) is 3.50. The molecular formula is C23H26N4O2. The van der Waals surface area contributed by atoms with Crippen molar-refractivity contribution in [3.05, 3.63) is 72.4 Å². The Labute approximate surface area is 170 Å². The standard InChI is InChI=1S/C23H26N4O2/c1-17-8-10-27(11-9-17)21-6-4-19(5-7-21)26-20-13-18(14-24-15-20)23(28)25-16-22-3-2-12-29-22/h2-7,12-15,17,26H,8-11,16H2,1H3,(H,25,28). The molecule has 150 valence electrons. The molecular weight excluding hydrogens is 364 g/mol. The molecule has 1 aliphatic rings. The number of nitrogens with zero attached hydrogens (tertiary/aromatic N) is 2. The molecule has 4 rings (SSSR count). The summed E-state index contributed by atoms with van der Waals surface area (Å²) in [7, 11) is 0. The van der Waals surface area contributed by atoms with E-state index in [0.717, 1.165) is 30.4 Å². The molecule has 6 nitrogen and oxygen atoms in total. The normalized spacial score (nSPS) is 14.6. The Morgan fingerprint density at radius 2 is 1.93 bits per heavy atom. The first-order valence-corrected chi connectivity index (χ1v) is 10.0. The fourth-order valence-corrected chi connectivity index (χ4v) is 3.50. The van der Waals surface area contributed by atoms with Gasteiger partial charge in [-0.05, 0) is 61.2 Å². The van der Waals surface area contributed by atoms with Crippen LogP contribution in [0, 0.1) is 5.92 Å². The third kappa shape index (κ3) is 4.96. The molecule has 3 aromatic rings. The van der Waals surface area contributed by atoms with Crippen molar-refractivity contribution in [3.63, 3.8) is 0 Å². The third-order valence-electron chi connectivity index (χ3n) is 5.31. The third-order valence-corrected chi connectivity index (χ3v) is 5.31. The average molecular weight is 390 g/mol. The number of furan rings is 1. The van der Waals surface area contributed by atoms with E-state index in [2.05, 4.69) is 51.7 Å². The van der Waals surface area contributed by atoms with Gasteiger partial charge in [0.05, 0.1) is 30.3 Å². The van der Waals surface area contributed by atoms with Gasteiger partial charge in [-0.1, -0.05) is 6.92 Å². The van der Waals surface area contributed by atoms with E-state index in [0.29, 0.717) is 17.9 Å². The van der Waals surface area contributed by atoms with Gasteiger partial charge >= 0.3 is 0 Å². The van der Waals surface area contributed by atoms with Crippen LogP contribution in [0.25, 0.3) is 0 Å². The minimum Gasteiger partial charge on any atom is -0.467 e. The lowest BCUT2D eigenvalue weighted by Crippen LogP contribution is -2.32. The Balaban J connectivity index is 1.36. The monoisotopic (exact) mass is 390 g/mol. The summed E-state index contributed by atoms with van der Waals surface area (Å²) in [5, 5.41) is 6.16. The van der Waals surface area contributed by atoms with Crippen molar-refractivity contribution in [2.75, 3.05) is 23.3 Å². The molecule has 0 unspecified atom stereocenters. The van der Waals surface area contributed by atoms with Crippen molar-refractivity contribution in [3.8, 4) is 0 Å². The number of benzene rings is 1. The molecule has 0 bridgehead atoms. The van der Waals surface area contributed by atoms with E-state index in [4.69, 9.17) is 4.42 Å². The van der Waals surface area contributed by atoms with Crippen LogP contribution in [-0.2, 0) is 6.54 Å². The predicted octanol–water partition coefficient (Wildman–Crippen LogP) is 4.58. The summed E-state index contributed by atoms with van der Waals surface area (Å²) in [6.45, 7) is 4.91. The minimum absolute atomic E-state index is 0.188. The van der Waals surface area contributed by atoms with Gasteiger partial charge in [-0.3, -0.25) is 9.78 Å². The molecule has 1 fully saturated rings. The van der Waals surface area contributed by atoms with Crippen LogP contribution in [-0.4, -0.2) is 24.0 Å². The highest BCUT2D eigenvalue weighted by molar-refractivity contribution is 5.94. The lowest BCUT2D eigenvalue weighted by Gasteiger charge is -2.32. The molecule has 1 aliphatic heterocycles. The lowest BCUT2D eigenvalue weighted by atomic mass is 9.99. The van der Waals surface area contributed by atoms with Crippen LogP contribution in [0.1, 0.15) is 35.9 Å². The van der Waals surface area contributed by atoms with Crippen molar-refractivity contribution in [2.24, 2.45) is 5.92 Å². The fourth-order valence-electron chi connectivity index (χ4n) is 3.50. The van der Waals surface area contributed by atoms with Crippen LogP contribution >= 0.6 is 0 Å². The zero-order valence-corrected chi connectivity index (χ0v) is 16.6. The Bertz CT molecular complexity index is 930. The molecule has 1 saturated heterocycles. The van der Waals surface area contributed by atoms with Gasteiger partial charge in [-0.25, -0.2) is 0 Å². The Morgan fingerprint density at radius 3 is 2.66 bits per heavy atom. The molecule has 0 atom stereocenters. The summed E-state index contributed by atoms with van der Waals surface area (Å²) in [5.74, 6) is 1.35. The zero-order valence-electron chi connectivity index (χ0n) is 16.6. The molecule has 1 amide bonds. The quantitative estimate of drug-likeness (QED) is 0.644. The van der Waals surface area contributed by atoms with E-state index >= 15 is 0 Å². The van der Waals surface area contributed by atoms with Gasteiger partial charge < -0.3 is 20.0 Å². The maximum Gasteiger partial charge on any atom is 0.253 e. The largest absolute Gasteiger partial charge is 0.467 e. The first kappa shape index (κ1) is 19.1. The Kier molecular flexibility index (Phi) is 5.79. The molecule has 6 heteroatoms. The highest BCUT2D eigenvalue weighted by Crippen LogP contribution is 2.25. The molecule has 29 heavy (non-hydrogen) atoms. The number of hydrogen-bond acceptors (Lipinski definition) is 5. The summed E-state index contributed by atoms with van der Waals surface area (Å²) in [6.07, 6.45) is 7.36. The van der Waals surface area contributed by atoms with Crippen molar-refractivity contribution < 1.29 is 9.21 Å². The molecule has 0 aliphatic carbocycles. The predicted molar refractivity (Wildman–Crippen MR) is 114 cm³/mol. The molecule has 0 saturated carbocycles. The minimum atomic E-state index is -0.188. The second-order valence-corrected chi connectivity index (χ2v) is 7.57. The van der Waals surface area contributed by atoms with E-state index in [9.17, 15) is 4.79 Å². The molecule has 3 heterocycles. The smallest absolute Gasteiger partial charge is 0.253 e. The number of piperidine rings is 1. The second-order valence-electron chi connectivity index (χ2n) is 7.57. The first-order chi connectivity index (χ1) is 14.2. The number of nitrogens with one attached hydrogen (secondary N) is 2. The average Bonchev–Trinajstić information content (AvgIpc) is 3.27. The summed E-state index contributed by atoms with van der Waals surface area (Å²) >= 11 is 0. The number of carbonyl (C=O) groups is 1. The fraction of sp³-hybridized carbons (Fsp3) is 0.304. The van der Waals surface area contributed by atoms with E-state index in [1.165, 1.54) is 18.5 Å². The number of pyridine rings is 1. The maximum absolute atomic E-state index is 12.4. The van der Waals surface area contributed by atoms with Crippen LogP contribution in [0.3, 0.4) is 0 Å². The SMILES string of the molecule is CC1CCN(c2ccc(Nc3cncc(C(=O)NCc4ccco4)c3)cc2)CC1. The molecule has 2 N–H and O–H groups in total. The van der Waals surface area contributed by atoms with Crippen LogP contribution in [0.4, 0.5) is 17.1 Å². The van der Waals surface area contributed by atoms with Gasteiger partial charge in [0, 0.05) is 30.7 Å². The molecule has 2 aromatic heterocycles. The van der Waals surface area contributed by atoms with Crippen molar-refractivity contribution in [1.29, 1.82) is 0 Å². The molecule has 0 radical (unpaired) electrons. The van der Waals surface area contributed by atoms with Gasteiger partial charge in [0.1, 0.15) is 5.76 Å². The topological polar surface area (TPSA) is 70.4 Å². The molecule has 1 aromatic carbocycles. The number of anilines is 3. The lowest BCUT2D eigenvalue weighted by molar-refractivity contribution is 0.0947.